The highest BCUT2D eigenvalue weighted by molar-refractivity contribution is 6.30. The highest BCUT2D eigenvalue weighted by atomic mass is 35.5. The van der Waals surface area contributed by atoms with Gasteiger partial charge in [0.25, 0.3) is 0 Å². The normalized spacial score (nSPS) is 15.6. The Labute approximate surface area is 203 Å². The monoisotopic (exact) mass is 472 g/mol. The highest BCUT2D eigenvalue weighted by Crippen LogP contribution is 2.31. The third-order valence-electron chi connectivity index (χ3n) is 6.07. The van der Waals surface area contributed by atoms with Gasteiger partial charge in [-0.05, 0) is 42.7 Å². The molecule has 2 aromatic heterocycles. The van der Waals surface area contributed by atoms with Crippen molar-refractivity contribution in [1.29, 1.82) is 0 Å². The highest BCUT2D eigenvalue weighted by Gasteiger charge is 2.31. The van der Waals surface area contributed by atoms with Gasteiger partial charge in [-0.1, -0.05) is 35.9 Å². The molecule has 0 saturated carbocycles. The molecule has 4 aromatic rings. The minimum Gasteiger partial charge on any atom is -0.369 e. The van der Waals surface area contributed by atoms with Crippen LogP contribution in [0.3, 0.4) is 0 Å². The number of benzene rings is 2. The van der Waals surface area contributed by atoms with E-state index in [2.05, 4.69) is 20.3 Å². The van der Waals surface area contributed by atoms with Crippen LogP contribution in [0.1, 0.15) is 42.3 Å². The Morgan fingerprint density at radius 2 is 2.03 bits per heavy atom. The molecule has 0 spiro atoms. The van der Waals surface area contributed by atoms with Crippen molar-refractivity contribution >= 4 is 34.2 Å². The fourth-order valence-corrected chi connectivity index (χ4v) is 4.69. The molecule has 1 aliphatic rings. The summed E-state index contributed by atoms with van der Waals surface area (Å²) < 4.78 is 0. The van der Waals surface area contributed by atoms with Gasteiger partial charge in [-0.2, -0.15) is 0 Å². The summed E-state index contributed by atoms with van der Waals surface area (Å²) in [5, 5.41) is 4.95. The van der Waals surface area contributed by atoms with Gasteiger partial charge in [0, 0.05) is 42.5 Å². The lowest BCUT2D eigenvalue weighted by Gasteiger charge is -2.24. The molecule has 5 rings (SSSR count). The molecule has 0 aliphatic carbocycles. The molecular formula is C26H25ClN6O. The van der Waals surface area contributed by atoms with Gasteiger partial charge in [0.15, 0.2) is 0 Å². The molecule has 0 radical (unpaired) electrons. The maximum atomic E-state index is 13.1. The second-order valence-corrected chi connectivity index (χ2v) is 8.84. The SMILES string of the molecule is O=C(CCNc1ncnc2ccccc12)N1CCC[C@H]1c1cncc(Cc2cccc(Cl)c2)n1. The zero-order valence-corrected chi connectivity index (χ0v) is 19.4. The fraction of sp³-hybridized carbons (Fsp3) is 0.269. The molecule has 1 saturated heterocycles. The number of aromatic nitrogens is 4. The van der Waals surface area contributed by atoms with E-state index in [0.717, 1.165) is 53.1 Å². The number of carbonyl (C=O) groups is 1. The number of amides is 1. The van der Waals surface area contributed by atoms with Crippen LogP contribution in [0, 0.1) is 0 Å². The molecule has 2 aromatic carbocycles. The van der Waals surface area contributed by atoms with E-state index in [4.69, 9.17) is 16.6 Å². The molecule has 1 amide bonds. The Bertz CT molecular complexity index is 1310. The van der Waals surface area contributed by atoms with Crippen LogP contribution in [-0.2, 0) is 11.2 Å². The van der Waals surface area contributed by atoms with Gasteiger partial charge in [0.1, 0.15) is 12.1 Å². The number of halogens is 1. The first-order chi connectivity index (χ1) is 16.7. The van der Waals surface area contributed by atoms with Crippen LogP contribution in [0.15, 0.2) is 67.3 Å². The van der Waals surface area contributed by atoms with Crippen LogP contribution in [0.25, 0.3) is 10.9 Å². The van der Waals surface area contributed by atoms with Crippen LogP contribution in [0.2, 0.25) is 5.02 Å². The number of anilines is 1. The van der Waals surface area contributed by atoms with Gasteiger partial charge in [0.05, 0.1) is 29.1 Å². The number of carbonyl (C=O) groups excluding carboxylic acids is 1. The van der Waals surface area contributed by atoms with E-state index in [0.29, 0.717) is 24.4 Å². The minimum atomic E-state index is -0.0424. The number of likely N-dealkylation sites (tertiary alicyclic amines) is 1. The zero-order valence-electron chi connectivity index (χ0n) is 18.7. The van der Waals surface area contributed by atoms with Crippen LogP contribution in [0.4, 0.5) is 5.82 Å². The van der Waals surface area contributed by atoms with E-state index in [1.54, 1.807) is 12.4 Å². The lowest BCUT2D eigenvalue weighted by Crippen LogP contribution is -2.32. The summed E-state index contributed by atoms with van der Waals surface area (Å²) in [4.78, 5) is 32.9. The third kappa shape index (κ3) is 4.99. The number of nitrogens with zero attached hydrogens (tertiary/aromatic N) is 5. The number of hydrogen-bond acceptors (Lipinski definition) is 6. The van der Waals surface area contributed by atoms with E-state index in [9.17, 15) is 4.79 Å². The van der Waals surface area contributed by atoms with Gasteiger partial charge >= 0.3 is 0 Å². The molecule has 1 atom stereocenters. The Balaban J connectivity index is 1.23. The number of rotatable bonds is 7. The first kappa shape index (κ1) is 22.2. The average molecular weight is 473 g/mol. The van der Waals surface area contributed by atoms with Crippen molar-refractivity contribution in [2.24, 2.45) is 0 Å². The van der Waals surface area contributed by atoms with E-state index in [1.165, 1.54) is 6.33 Å². The lowest BCUT2D eigenvalue weighted by molar-refractivity contribution is -0.131. The maximum absolute atomic E-state index is 13.1. The van der Waals surface area contributed by atoms with E-state index >= 15 is 0 Å². The van der Waals surface area contributed by atoms with E-state index < -0.39 is 0 Å². The Morgan fingerprint density at radius 1 is 1.12 bits per heavy atom. The summed E-state index contributed by atoms with van der Waals surface area (Å²) in [6, 6.07) is 15.5. The number of hydrogen-bond donors (Lipinski definition) is 1. The standard InChI is InChI=1S/C26H25ClN6O/c27-19-6-3-5-18(13-19)14-20-15-28-16-23(32-20)24-9-4-12-33(24)25(34)10-11-29-26-21-7-1-2-8-22(21)30-17-31-26/h1-3,5-8,13,15-17,24H,4,9-12,14H2,(H,29,30,31)/t24-/m0/s1. The third-order valence-corrected chi connectivity index (χ3v) is 6.30. The van der Waals surface area contributed by atoms with Crippen molar-refractivity contribution in [3.63, 3.8) is 0 Å². The topological polar surface area (TPSA) is 83.9 Å². The van der Waals surface area contributed by atoms with Crippen LogP contribution < -0.4 is 5.32 Å². The Hall–Kier alpha value is -3.58. The number of fused-ring (bicyclic) bond motifs is 1. The second kappa shape index (κ2) is 10.1. The molecule has 8 heteroatoms. The predicted octanol–water partition coefficient (Wildman–Crippen LogP) is 4.83. The quantitative estimate of drug-likeness (QED) is 0.414. The molecule has 34 heavy (non-hydrogen) atoms. The smallest absolute Gasteiger partial charge is 0.224 e. The van der Waals surface area contributed by atoms with Gasteiger partial charge in [-0.3, -0.25) is 14.8 Å². The number of nitrogens with one attached hydrogen (secondary N) is 1. The van der Waals surface area contributed by atoms with Gasteiger partial charge in [0.2, 0.25) is 5.91 Å². The Kier molecular flexibility index (Phi) is 6.62. The molecule has 0 unspecified atom stereocenters. The summed E-state index contributed by atoms with van der Waals surface area (Å²) in [5.41, 5.74) is 3.68. The van der Waals surface area contributed by atoms with E-state index in [1.807, 2.05) is 53.4 Å². The fourth-order valence-electron chi connectivity index (χ4n) is 4.47. The van der Waals surface area contributed by atoms with Crippen molar-refractivity contribution < 1.29 is 4.79 Å². The molecule has 1 aliphatic heterocycles. The van der Waals surface area contributed by atoms with Crippen molar-refractivity contribution in [2.75, 3.05) is 18.4 Å². The first-order valence-electron chi connectivity index (χ1n) is 11.5. The first-order valence-corrected chi connectivity index (χ1v) is 11.8. The molecule has 7 nitrogen and oxygen atoms in total. The summed E-state index contributed by atoms with van der Waals surface area (Å²) in [6.07, 6.45) is 7.98. The van der Waals surface area contributed by atoms with Crippen molar-refractivity contribution in [1.82, 2.24) is 24.8 Å². The molecule has 1 N–H and O–H groups in total. The Morgan fingerprint density at radius 3 is 2.94 bits per heavy atom. The summed E-state index contributed by atoms with van der Waals surface area (Å²) in [6.45, 7) is 1.24. The largest absolute Gasteiger partial charge is 0.369 e. The van der Waals surface area contributed by atoms with Gasteiger partial charge < -0.3 is 10.2 Å². The van der Waals surface area contributed by atoms with E-state index in [-0.39, 0.29) is 11.9 Å². The second-order valence-electron chi connectivity index (χ2n) is 8.40. The van der Waals surface area contributed by atoms with Crippen LogP contribution in [-0.4, -0.2) is 43.8 Å². The maximum Gasteiger partial charge on any atom is 0.224 e. The van der Waals surface area contributed by atoms with Crippen molar-refractivity contribution in [3.05, 3.63) is 89.2 Å². The summed E-state index contributed by atoms with van der Waals surface area (Å²) >= 11 is 6.12. The van der Waals surface area contributed by atoms with Crippen molar-refractivity contribution in [3.8, 4) is 0 Å². The summed E-state index contributed by atoms with van der Waals surface area (Å²) in [5.74, 6) is 0.853. The molecular weight excluding hydrogens is 448 g/mol. The average Bonchev–Trinajstić information content (AvgIpc) is 3.35. The molecule has 172 valence electrons. The molecule has 1 fully saturated rings. The van der Waals surface area contributed by atoms with Gasteiger partial charge in [-0.15, -0.1) is 0 Å². The molecule has 0 bridgehead atoms. The zero-order chi connectivity index (χ0) is 23.3. The minimum absolute atomic E-state index is 0.0424. The predicted molar refractivity (Wildman–Crippen MR) is 133 cm³/mol. The molecule has 3 heterocycles. The number of para-hydroxylation sites is 1. The van der Waals surface area contributed by atoms with Crippen LogP contribution in [0.5, 0.6) is 0 Å². The van der Waals surface area contributed by atoms with Crippen LogP contribution >= 0.6 is 11.6 Å². The summed E-state index contributed by atoms with van der Waals surface area (Å²) in [7, 11) is 0. The van der Waals surface area contributed by atoms with Crippen molar-refractivity contribution in [2.45, 2.75) is 31.7 Å². The lowest BCUT2D eigenvalue weighted by atomic mass is 10.1. The van der Waals surface area contributed by atoms with Gasteiger partial charge in [-0.25, -0.2) is 9.97 Å².